The van der Waals surface area contributed by atoms with E-state index in [2.05, 4.69) is 5.32 Å². The number of nitrogens with one attached hydrogen (secondary N) is 1. The summed E-state index contributed by atoms with van der Waals surface area (Å²) < 4.78 is 25.6. The molecule has 0 saturated heterocycles. The van der Waals surface area contributed by atoms with E-state index in [1.54, 1.807) is 6.92 Å². The molecule has 15 heavy (non-hydrogen) atoms. The van der Waals surface area contributed by atoms with Gasteiger partial charge < -0.3 is 11.1 Å². The number of rotatable bonds is 3. The number of benzene rings is 1. The van der Waals surface area contributed by atoms with Crippen LogP contribution in [0, 0.1) is 11.6 Å². The third-order valence-corrected chi connectivity index (χ3v) is 1.71. The normalized spacial score (nSPS) is 12.3. The quantitative estimate of drug-likeness (QED) is 0.803. The van der Waals surface area contributed by atoms with Crippen molar-refractivity contribution in [1.29, 1.82) is 0 Å². The monoisotopic (exact) mass is 214 g/mol. The lowest BCUT2D eigenvalue weighted by atomic mass is 10.2. The molecule has 1 atom stereocenters. The van der Waals surface area contributed by atoms with Crippen molar-refractivity contribution in [3.8, 4) is 0 Å². The number of hydrogen-bond donors (Lipinski definition) is 2. The summed E-state index contributed by atoms with van der Waals surface area (Å²) in [6.07, 6.45) is 0.0941. The Labute approximate surface area is 86.3 Å². The number of amides is 1. The van der Waals surface area contributed by atoms with Crippen molar-refractivity contribution in [2.45, 2.75) is 19.4 Å². The van der Waals surface area contributed by atoms with Gasteiger partial charge in [0, 0.05) is 18.5 Å². The summed E-state index contributed by atoms with van der Waals surface area (Å²) in [4.78, 5) is 11.2. The van der Waals surface area contributed by atoms with E-state index in [4.69, 9.17) is 5.73 Å². The van der Waals surface area contributed by atoms with E-state index in [0.717, 1.165) is 6.07 Å². The van der Waals surface area contributed by atoms with Gasteiger partial charge in [0.05, 0.1) is 5.69 Å². The smallest absolute Gasteiger partial charge is 0.225 e. The van der Waals surface area contributed by atoms with Gasteiger partial charge in [-0.3, -0.25) is 4.79 Å². The van der Waals surface area contributed by atoms with Crippen LogP contribution < -0.4 is 11.1 Å². The molecular weight excluding hydrogens is 202 g/mol. The molecular formula is C10H12F2N2O. The van der Waals surface area contributed by atoms with Crippen molar-refractivity contribution in [2.24, 2.45) is 5.73 Å². The van der Waals surface area contributed by atoms with Crippen molar-refractivity contribution >= 4 is 11.6 Å². The fourth-order valence-corrected chi connectivity index (χ4v) is 1.08. The Balaban J connectivity index is 2.68. The summed E-state index contributed by atoms with van der Waals surface area (Å²) in [5, 5.41) is 2.31. The minimum atomic E-state index is -0.798. The molecule has 3 nitrogen and oxygen atoms in total. The van der Waals surface area contributed by atoms with Gasteiger partial charge in [-0.05, 0) is 19.1 Å². The molecule has 0 aliphatic rings. The molecule has 1 amide bonds. The highest BCUT2D eigenvalue weighted by atomic mass is 19.1. The maximum Gasteiger partial charge on any atom is 0.225 e. The Hall–Kier alpha value is -1.49. The van der Waals surface area contributed by atoms with Gasteiger partial charge in [0.15, 0.2) is 0 Å². The van der Waals surface area contributed by atoms with Crippen LogP contribution in [-0.4, -0.2) is 11.9 Å². The lowest BCUT2D eigenvalue weighted by Gasteiger charge is -2.07. The summed E-state index contributed by atoms with van der Waals surface area (Å²) in [5.74, 6) is -1.87. The van der Waals surface area contributed by atoms with Gasteiger partial charge in [-0.1, -0.05) is 0 Å². The third-order valence-electron chi connectivity index (χ3n) is 1.71. The van der Waals surface area contributed by atoms with Crippen LogP contribution in [0.1, 0.15) is 13.3 Å². The highest BCUT2D eigenvalue weighted by Crippen LogP contribution is 2.15. The Morgan fingerprint density at radius 2 is 2.20 bits per heavy atom. The molecule has 0 spiro atoms. The van der Waals surface area contributed by atoms with Gasteiger partial charge >= 0.3 is 0 Å². The predicted octanol–water partition coefficient (Wildman–Crippen LogP) is 1.64. The molecule has 0 bridgehead atoms. The molecule has 0 aliphatic carbocycles. The molecule has 1 unspecified atom stereocenters. The minimum Gasteiger partial charge on any atom is -0.327 e. The van der Waals surface area contributed by atoms with Crippen molar-refractivity contribution in [3.63, 3.8) is 0 Å². The van der Waals surface area contributed by atoms with Crippen molar-refractivity contribution in [3.05, 3.63) is 29.8 Å². The molecule has 0 aromatic heterocycles. The van der Waals surface area contributed by atoms with Crippen LogP contribution in [0.4, 0.5) is 14.5 Å². The number of carbonyl (C=O) groups is 1. The van der Waals surface area contributed by atoms with Crippen LogP contribution in [0.2, 0.25) is 0 Å². The van der Waals surface area contributed by atoms with Crippen LogP contribution in [-0.2, 0) is 4.79 Å². The summed E-state index contributed by atoms with van der Waals surface area (Å²) >= 11 is 0. The molecule has 1 aromatic carbocycles. The highest BCUT2D eigenvalue weighted by Gasteiger charge is 2.09. The average molecular weight is 214 g/mol. The molecule has 82 valence electrons. The van der Waals surface area contributed by atoms with Crippen LogP contribution >= 0.6 is 0 Å². The number of hydrogen-bond acceptors (Lipinski definition) is 2. The van der Waals surface area contributed by atoms with Gasteiger partial charge in [0.25, 0.3) is 0 Å². The molecule has 3 N–H and O–H groups in total. The second-order valence-electron chi connectivity index (χ2n) is 3.35. The zero-order chi connectivity index (χ0) is 11.4. The maximum atomic E-state index is 13.1. The number of anilines is 1. The van der Waals surface area contributed by atoms with Crippen LogP contribution in [0.3, 0.4) is 0 Å². The summed E-state index contributed by atoms with van der Waals surface area (Å²) in [6.45, 7) is 1.67. The first-order valence-corrected chi connectivity index (χ1v) is 4.49. The van der Waals surface area contributed by atoms with E-state index < -0.39 is 17.5 Å². The SMILES string of the molecule is CC(N)CC(=O)Nc1ccc(F)cc1F. The molecule has 0 heterocycles. The standard InChI is InChI=1S/C10H12F2N2O/c1-6(13)4-10(15)14-9-3-2-7(11)5-8(9)12/h2-3,5-6H,4,13H2,1H3,(H,14,15). The fraction of sp³-hybridized carbons (Fsp3) is 0.300. The van der Waals surface area contributed by atoms with E-state index in [1.165, 1.54) is 6.07 Å². The number of halogens is 2. The van der Waals surface area contributed by atoms with E-state index >= 15 is 0 Å². The number of carbonyl (C=O) groups excluding carboxylic acids is 1. The zero-order valence-corrected chi connectivity index (χ0v) is 8.26. The van der Waals surface area contributed by atoms with Crippen molar-refractivity contribution in [1.82, 2.24) is 0 Å². The summed E-state index contributed by atoms with van der Waals surface area (Å²) in [7, 11) is 0. The van der Waals surface area contributed by atoms with Gasteiger partial charge in [-0.15, -0.1) is 0 Å². The van der Waals surface area contributed by atoms with Crippen molar-refractivity contribution < 1.29 is 13.6 Å². The average Bonchev–Trinajstić information content (AvgIpc) is 2.08. The molecule has 5 heteroatoms. The first-order chi connectivity index (χ1) is 6.99. The Morgan fingerprint density at radius 3 is 2.73 bits per heavy atom. The van der Waals surface area contributed by atoms with Crippen molar-refractivity contribution in [2.75, 3.05) is 5.32 Å². The maximum absolute atomic E-state index is 13.1. The Kier molecular flexibility index (Phi) is 3.74. The first kappa shape index (κ1) is 11.6. The molecule has 0 radical (unpaired) electrons. The molecule has 0 aliphatic heterocycles. The van der Waals surface area contributed by atoms with E-state index in [9.17, 15) is 13.6 Å². The van der Waals surface area contributed by atoms with E-state index in [1.807, 2.05) is 0 Å². The second-order valence-corrected chi connectivity index (χ2v) is 3.35. The summed E-state index contributed by atoms with van der Waals surface area (Å²) in [6, 6.07) is 2.66. The largest absolute Gasteiger partial charge is 0.327 e. The van der Waals surface area contributed by atoms with E-state index in [0.29, 0.717) is 6.07 Å². The van der Waals surface area contributed by atoms with E-state index in [-0.39, 0.29) is 18.2 Å². The number of nitrogens with two attached hydrogens (primary N) is 1. The van der Waals surface area contributed by atoms with Crippen LogP contribution in [0.25, 0.3) is 0 Å². The van der Waals surface area contributed by atoms with Gasteiger partial charge in [-0.25, -0.2) is 8.78 Å². The molecule has 1 rings (SSSR count). The molecule has 0 fully saturated rings. The third kappa shape index (κ3) is 3.63. The van der Waals surface area contributed by atoms with Crippen LogP contribution in [0.15, 0.2) is 18.2 Å². The lowest BCUT2D eigenvalue weighted by Crippen LogP contribution is -2.24. The van der Waals surface area contributed by atoms with Gasteiger partial charge in [-0.2, -0.15) is 0 Å². The Morgan fingerprint density at radius 1 is 1.53 bits per heavy atom. The fourth-order valence-electron chi connectivity index (χ4n) is 1.08. The minimum absolute atomic E-state index is 0.0398. The molecule has 1 aromatic rings. The topological polar surface area (TPSA) is 55.1 Å². The molecule has 0 saturated carbocycles. The second kappa shape index (κ2) is 4.84. The first-order valence-electron chi connectivity index (χ1n) is 4.49. The Bertz CT molecular complexity index is 366. The highest BCUT2D eigenvalue weighted by molar-refractivity contribution is 5.91. The van der Waals surface area contributed by atoms with Crippen LogP contribution in [0.5, 0.6) is 0 Å². The summed E-state index contributed by atoms with van der Waals surface area (Å²) in [5.41, 5.74) is 5.35. The zero-order valence-electron chi connectivity index (χ0n) is 8.26. The van der Waals surface area contributed by atoms with Gasteiger partial charge in [0.2, 0.25) is 5.91 Å². The van der Waals surface area contributed by atoms with Gasteiger partial charge in [0.1, 0.15) is 11.6 Å². The predicted molar refractivity (Wildman–Crippen MR) is 53.3 cm³/mol. The lowest BCUT2D eigenvalue weighted by molar-refractivity contribution is -0.116.